The minimum atomic E-state index is -0.451. The summed E-state index contributed by atoms with van der Waals surface area (Å²) < 4.78 is 12.1. The standard InChI is InChI=1S/C28H36N2O4/c1-21(2)25-16-26(34-27(17-25)33-20-24-10-8-23(19-31)9-11-24)28(32)30-14-12-29(13-15-30)18-22-6-4-3-5-7-22/h3-11,16,21,25,27,31H,12-15,17-20H2,1-2H3/t25-,27+/m0/s1. The molecule has 1 amide bonds. The van der Waals surface area contributed by atoms with Crippen LogP contribution in [-0.4, -0.2) is 53.3 Å². The molecule has 1 fully saturated rings. The average Bonchev–Trinajstić information content (AvgIpc) is 2.88. The number of ether oxygens (including phenoxy) is 2. The second-order valence-electron chi connectivity index (χ2n) is 9.56. The summed E-state index contributed by atoms with van der Waals surface area (Å²) in [5, 5.41) is 9.22. The molecule has 2 heterocycles. The molecule has 0 spiro atoms. The van der Waals surface area contributed by atoms with Gasteiger partial charge in [-0.2, -0.15) is 0 Å². The Bertz CT molecular complexity index is 950. The highest BCUT2D eigenvalue weighted by molar-refractivity contribution is 5.91. The number of carbonyl (C=O) groups is 1. The Kier molecular flexibility index (Phi) is 8.38. The van der Waals surface area contributed by atoms with Crippen molar-refractivity contribution in [1.82, 2.24) is 9.80 Å². The first-order valence-corrected chi connectivity index (χ1v) is 12.3. The van der Waals surface area contributed by atoms with Gasteiger partial charge in [-0.05, 0) is 34.6 Å². The quantitative estimate of drug-likeness (QED) is 0.641. The van der Waals surface area contributed by atoms with Crippen molar-refractivity contribution in [2.24, 2.45) is 11.8 Å². The molecule has 1 saturated heterocycles. The Balaban J connectivity index is 1.33. The van der Waals surface area contributed by atoms with E-state index in [-0.39, 0.29) is 18.4 Å². The Hall–Kier alpha value is -2.67. The maximum atomic E-state index is 13.3. The van der Waals surface area contributed by atoms with E-state index in [2.05, 4.69) is 43.0 Å². The largest absolute Gasteiger partial charge is 0.459 e. The second-order valence-corrected chi connectivity index (χ2v) is 9.56. The highest BCUT2D eigenvalue weighted by atomic mass is 16.7. The van der Waals surface area contributed by atoms with Gasteiger partial charge in [-0.1, -0.05) is 68.4 Å². The van der Waals surface area contributed by atoms with Crippen molar-refractivity contribution >= 4 is 5.91 Å². The van der Waals surface area contributed by atoms with Crippen LogP contribution in [0.5, 0.6) is 0 Å². The maximum absolute atomic E-state index is 13.3. The Morgan fingerprint density at radius 3 is 2.32 bits per heavy atom. The molecule has 34 heavy (non-hydrogen) atoms. The van der Waals surface area contributed by atoms with Crippen LogP contribution in [-0.2, 0) is 34.0 Å². The summed E-state index contributed by atoms with van der Waals surface area (Å²) in [6.45, 7) is 8.77. The molecule has 0 aliphatic carbocycles. The van der Waals surface area contributed by atoms with Crippen molar-refractivity contribution in [2.75, 3.05) is 26.2 Å². The van der Waals surface area contributed by atoms with E-state index in [1.54, 1.807) is 0 Å². The first-order valence-electron chi connectivity index (χ1n) is 12.3. The van der Waals surface area contributed by atoms with Gasteiger partial charge in [0.1, 0.15) is 0 Å². The lowest BCUT2D eigenvalue weighted by Crippen LogP contribution is -2.49. The number of piperazine rings is 1. The summed E-state index contributed by atoms with van der Waals surface area (Å²) >= 11 is 0. The van der Waals surface area contributed by atoms with Crippen LogP contribution in [0.3, 0.4) is 0 Å². The zero-order valence-electron chi connectivity index (χ0n) is 20.2. The number of allylic oxidation sites excluding steroid dienone is 1. The number of aliphatic hydroxyl groups is 1. The maximum Gasteiger partial charge on any atom is 0.288 e. The predicted octanol–water partition coefficient (Wildman–Crippen LogP) is 3.94. The van der Waals surface area contributed by atoms with Crippen molar-refractivity contribution in [1.29, 1.82) is 0 Å². The Labute approximate surface area is 202 Å². The van der Waals surface area contributed by atoms with E-state index in [4.69, 9.17) is 9.47 Å². The van der Waals surface area contributed by atoms with E-state index >= 15 is 0 Å². The lowest BCUT2D eigenvalue weighted by molar-refractivity contribution is -0.160. The van der Waals surface area contributed by atoms with Crippen molar-refractivity contribution in [3.8, 4) is 0 Å². The lowest BCUT2D eigenvalue weighted by Gasteiger charge is -2.37. The number of nitrogens with zero attached hydrogens (tertiary/aromatic N) is 2. The number of aliphatic hydroxyl groups excluding tert-OH is 1. The first kappa shape index (κ1) is 24.5. The molecule has 0 radical (unpaired) electrons. The monoisotopic (exact) mass is 464 g/mol. The van der Waals surface area contributed by atoms with Crippen LogP contribution in [0.15, 0.2) is 66.4 Å². The fourth-order valence-corrected chi connectivity index (χ4v) is 4.44. The van der Waals surface area contributed by atoms with E-state index in [0.29, 0.717) is 31.4 Å². The normalized spacial score (nSPS) is 21.3. The molecule has 0 bridgehead atoms. The highest BCUT2D eigenvalue weighted by Crippen LogP contribution is 2.30. The van der Waals surface area contributed by atoms with E-state index in [9.17, 15) is 9.90 Å². The molecule has 2 atom stereocenters. The third kappa shape index (κ3) is 6.47. The van der Waals surface area contributed by atoms with Crippen LogP contribution >= 0.6 is 0 Å². The predicted molar refractivity (Wildman–Crippen MR) is 131 cm³/mol. The minimum absolute atomic E-state index is 0.0275. The molecule has 4 rings (SSSR count). The number of carbonyl (C=O) groups excluding carboxylic acids is 1. The third-order valence-corrected chi connectivity index (χ3v) is 6.71. The second kappa shape index (κ2) is 11.6. The Morgan fingerprint density at radius 1 is 1.00 bits per heavy atom. The van der Waals surface area contributed by atoms with Crippen molar-refractivity contribution in [3.63, 3.8) is 0 Å². The summed E-state index contributed by atoms with van der Waals surface area (Å²) in [5.74, 6) is 1.01. The molecule has 6 nitrogen and oxygen atoms in total. The zero-order chi connectivity index (χ0) is 23.9. The number of rotatable bonds is 8. The topological polar surface area (TPSA) is 62.2 Å². The van der Waals surface area contributed by atoms with Crippen LogP contribution < -0.4 is 0 Å². The number of hydrogen-bond donors (Lipinski definition) is 1. The highest BCUT2D eigenvalue weighted by Gasteiger charge is 2.32. The van der Waals surface area contributed by atoms with Gasteiger partial charge in [0, 0.05) is 39.1 Å². The van der Waals surface area contributed by atoms with Crippen LogP contribution in [0.25, 0.3) is 0 Å². The molecular weight excluding hydrogens is 428 g/mol. The number of amides is 1. The number of hydrogen-bond acceptors (Lipinski definition) is 5. The van der Waals surface area contributed by atoms with E-state index in [0.717, 1.165) is 37.2 Å². The molecule has 2 aliphatic heterocycles. The lowest BCUT2D eigenvalue weighted by atomic mass is 9.90. The smallest absolute Gasteiger partial charge is 0.288 e. The molecule has 0 unspecified atom stereocenters. The fourth-order valence-electron chi connectivity index (χ4n) is 4.44. The molecule has 1 N–H and O–H groups in total. The van der Waals surface area contributed by atoms with E-state index < -0.39 is 6.29 Å². The molecular formula is C28H36N2O4. The molecule has 2 aliphatic rings. The fraction of sp³-hybridized carbons (Fsp3) is 0.464. The van der Waals surface area contributed by atoms with Gasteiger partial charge in [-0.15, -0.1) is 0 Å². The molecule has 6 heteroatoms. The van der Waals surface area contributed by atoms with Crippen molar-refractivity contribution in [3.05, 3.63) is 83.1 Å². The van der Waals surface area contributed by atoms with Gasteiger partial charge in [0.25, 0.3) is 5.91 Å². The summed E-state index contributed by atoms with van der Waals surface area (Å²) in [6.07, 6.45) is 2.28. The van der Waals surface area contributed by atoms with Crippen LogP contribution in [0.4, 0.5) is 0 Å². The van der Waals surface area contributed by atoms with Crippen LogP contribution in [0.1, 0.15) is 37.0 Å². The minimum Gasteiger partial charge on any atom is -0.459 e. The van der Waals surface area contributed by atoms with Gasteiger partial charge in [0.15, 0.2) is 5.76 Å². The molecule has 182 valence electrons. The summed E-state index contributed by atoms with van der Waals surface area (Å²) in [7, 11) is 0. The summed E-state index contributed by atoms with van der Waals surface area (Å²) in [5.41, 5.74) is 3.18. The first-order chi connectivity index (χ1) is 16.5. The van der Waals surface area contributed by atoms with E-state index in [1.807, 2.05) is 41.3 Å². The molecule has 0 aromatic heterocycles. The van der Waals surface area contributed by atoms with Gasteiger partial charge in [0.2, 0.25) is 6.29 Å². The molecule has 2 aromatic rings. The van der Waals surface area contributed by atoms with Crippen molar-refractivity contribution in [2.45, 2.75) is 46.3 Å². The zero-order valence-corrected chi connectivity index (χ0v) is 20.2. The molecule has 2 aromatic carbocycles. The third-order valence-electron chi connectivity index (χ3n) is 6.71. The van der Waals surface area contributed by atoms with Gasteiger partial charge in [0.05, 0.1) is 13.2 Å². The van der Waals surface area contributed by atoms with Gasteiger partial charge >= 0.3 is 0 Å². The van der Waals surface area contributed by atoms with E-state index in [1.165, 1.54) is 5.56 Å². The van der Waals surface area contributed by atoms with Gasteiger partial charge < -0.3 is 19.5 Å². The SMILES string of the molecule is CC(C)[C@H]1C=C(C(=O)N2CCN(Cc3ccccc3)CC2)O[C@@H](OCc2ccc(CO)cc2)C1. The van der Waals surface area contributed by atoms with Crippen LogP contribution in [0, 0.1) is 11.8 Å². The summed E-state index contributed by atoms with van der Waals surface area (Å²) in [6, 6.07) is 18.1. The van der Waals surface area contributed by atoms with Crippen LogP contribution in [0.2, 0.25) is 0 Å². The van der Waals surface area contributed by atoms with Crippen molar-refractivity contribution < 1.29 is 19.4 Å². The van der Waals surface area contributed by atoms with Gasteiger partial charge in [-0.3, -0.25) is 9.69 Å². The average molecular weight is 465 g/mol. The molecule has 0 saturated carbocycles. The summed E-state index contributed by atoms with van der Waals surface area (Å²) in [4.78, 5) is 17.6. The van der Waals surface area contributed by atoms with Gasteiger partial charge in [-0.25, -0.2) is 0 Å². The number of benzene rings is 2. The Morgan fingerprint density at radius 2 is 1.68 bits per heavy atom.